The number of fused-ring (bicyclic) bond motifs is 1. The Labute approximate surface area is 193 Å². The second-order valence-corrected chi connectivity index (χ2v) is 8.54. The van der Waals surface area contributed by atoms with Crippen molar-refractivity contribution in [2.24, 2.45) is 11.5 Å². The first-order chi connectivity index (χ1) is 16.2. The van der Waals surface area contributed by atoms with Crippen LogP contribution in [0.1, 0.15) is 29.2 Å². The maximum absolute atomic E-state index is 13.8. The van der Waals surface area contributed by atoms with Crippen LogP contribution in [-0.4, -0.2) is 38.6 Å². The molecule has 2 heterocycles. The van der Waals surface area contributed by atoms with Crippen molar-refractivity contribution in [3.05, 3.63) is 59.9 Å². The number of carbonyl (C=O) groups is 1. The second kappa shape index (κ2) is 7.79. The van der Waals surface area contributed by atoms with Crippen molar-refractivity contribution in [2.75, 3.05) is 12.8 Å². The lowest BCUT2D eigenvalue weighted by atomic mass is 9.83. The van der Waals surface area contributed by atoms with Crippen LogP contribution in [0.3, 0.4) is 0 Å². The molecule has 0 bridgehead atoms. The smallest absolute Gasteiger partial charge is 0.254 e. The molecule has 0 atom stereocenters. The van der Waals surface area contributed by atoms with E-state index in [0.717, 1.165) is 5.39 Å². The zero-order valence-electron chi connectivity index (χ0n) is 18.3. The third-order valence-electron chi connectivity index (χ3n) is 6.10. The van der Waals surface area contributed by atoms with Crippen molar-refractivity contribution in [1.82, 2.24) is 14.8 Å². The van der Waals surface area contributed by atoms with Gasteiger partial charge < -0.3 is 27.0 Å². The average molecular weight is 462 g/mol. The number of methoxy groups -OCH3 is 1. The zero-order valence-corrected chi connectivity index (χ0v) is 18.3. The minimum atomic E-state index is -1.28. The second-order valence-electron chi connectivity index (χ2n) is 8.54. The third kappa shape index (κ3) is 3.62. The number of benzene rings is 2. The summed E-state index contributed by atoms with van der Waals surface area (Å²) in [6.07, 6.45) is 0.508. The molecule has 1 aliphatic carbocycles. The molecule has 1 amide bonds. The summed E-state index contributed by atoms with van der Waals surface area (Å²) >= 11 is 0. The summed E-state index contributed by atoms with van der Waals surface area (Å²) in [7, 11) is 1.54. The Morgan fingerprint density at radius 3 is 2.62 bits per heavy atom. The molecule has 4 aromatic rings. The number of ether oxygens (including phenoxy) is 1. The standard InChI is InChI=1S/C24H23FN6O3/c1-34-19-9-17(12-3-2-4-14(25)7-12)29-18-8-13(5-6-16(18)19)21-20(23(27)32)22(26)31(30-21)15-10-24(28,33)11-15/h2-9,15,33H,10-11,26,28H2,1H3,(H2,27,32)/t15-,24+. The molecule has 1 saturated carbocycles. The maximum atomic E-state index is 13.8. The lowest BCUT2D eigenvalue weighted by Gasteiger charge is -2.40. The molecule has 1 aliphatic rings. The topological polar surface area (TPSA) is 155 Å². The minimum Gasteiger partial charge on any atom is -0.496 e. The summed E-state index contributed by atoms with van der Waals surface area (Å²) in [4.78, 5) is 17.0. The number of nitrogens with two attached hydrogens (primary N) is 3. The molecule has 2 aromatic heterocycles. The summed E-state index contributed by atoms with van der Waals surface area (Å²) in [5.74, 6) is -0.422. The van der Waals surface area contributed by atoms with Gasteiger partial charge in [-0.05, 0) is 24.3 Å². The molecule has 1 fully saturated rings. The van der Waals surface area contributed by atoms with Crippen LogP contribution < -0.4 is 21.9 Å². The molecule has 2 aromatic carbocycles. The first-order valence-electron chi connectivity index (χ1n) is 10.6. The Morgan fingerprint density at radius 1 is 1.21 bits per heavy atom. The highest BCUT2D eigenvalue weighted by atomic mass is 19.1. The van der Waals surface area contributed by atoms with Gasteiger partial charge in [-0.1, -0.05) is 18.2 Å². The predicted octanol–water partition coefficient (Wildman–Crippen LogP) is 2.58. The van der Waals surface area contributed by atoms with Crippen LogP contribution in [0.15, 0.2) is 48.5 Å². The van der Waals surface area contributed by atoms with Crippen molar-refractivity contribution in [3.8, 4) is 28.3 Å². The molecule has 0 radical (unpaired) electrons. The van der Waals surface area contributed by atoms with E-state index in [9.17, 15) is 14.3 Å². The number of amides is 1. The number of nitrogens with zero attached hydrogens (tertiary/aromatic N) is 3. The summed E-state index contributed by atoms with van der Waals surface area (Å²) in [6.45, 7) is 0. The number of pyridine rings is 1. The molecular formula is C24H23FN6O3. The van der Waals surface area contributed by atoms with Gasteiger partial charge in [-0.25, -0.2) is 14.1 Å². The molecule has 34 heavy (non-hydrogen) atoms. The number of rotatable bonds is 5. The highest BCUT2D eigenvalue weighted by Gasteiger charge is 2.42. The normalized spacial score (nSPS) is 19.7. The summed E-state index contributed by atoms with van der Waals surface area (Å²) in [6, 6.07) is 12.9. The lowest BCUT2D eigenvalue weighted by molar-refractivity contribution is -0.0643. The zero-order chi connectivity index (χ0) is 24.2. The largest absolute Gasteiger partial charge is 0.496 e. The van der Waals surface area contributed by atoms with Gasteiger partial charge in [0.05, 0.1) is 24.4 Å². The van der Waals surface area contributed by atoms with Crippen LogP contribution in [0, 0.1) is 5.82 Å². The van der Waals surface area contributed by atoms with Gasteiger partial charge in [-0.15, -0.1) is 0 Å². The van der Waals surface area contributed by atoms with E-state index < -0.39 is 11.6 Å². The number of nitrogen functional groups attached to an aromatic ring is 1. The fourth-order valence-electron chi connectivity index (χ4n) is 4.41. The van der Waals surface area contributed by atoms with E-state index in [1.807, 2.05) is 0 Å². The van der Waals surface area contributed by atoms with Crippen LogP contribution >= 0.6 is 0 Å². The lowest BCUT2D eigenvalue weighted by Crippen LogP contribution is -2.52. The van der Waals surface area contributed by atoms with Crippen LogP contribution in [0.2, 0.25) is 0 Å². The van der Waals surface area contributed by atoms with E-state index in [1.54, 1.807) is 43.5 Å². The van der Waals surface area contributed by atoms with E-state index in [0.29, 0.717) is 33.8 Å². The maximum Gasteiger partial charge on any atom is 0.254 e. The fourth-order valence-corrected chi connectivity index (χ4v) is 4.41. The number of anilines is 1. The van der Waals surface area contributed by atoms with Crippen LogP contribution in [0.5, 0.6) is 5.75 Å². The van der Waals surface area contributed by atoms with E-state index in [1.165, 1.54) is 16.8 Å². The van der Waals surface area contributed by atoms with E-state index in [2.05, 4.69) is 10.1 Å². The average Bonchev–Trinajstić information content (AvgIpc) is 3.13. The molecule has 0 spiro atoms. The number of hydrogen-bond acceptors (Lipinski definition) is 7. The highest BCUT2D eigenvalue weighted by Crippen LogP contribution is 2.41. The molecule has 10 heteroatoms. The van der Waals surface area contributed by atoms with Crippen molar-refractivity contribution in [1.29, 1.82) is 0 Å². The van der Waals surface area contributed by atoms with Crippen molar-refractivity contribution in [2.45, 2.75) is 24.6 Å². The van der Waals surface area contributed by atoms with E-state index in [4.69, 9.17) is 21.9 Å². The number of carbonyl (C=O) groups excluding carboxylic acids is 1. The highest BCUT2D eigenvalue weighted by molar-refractivity contribution is 6.04. The number of hydrogen-bond donors (Lipinski definition) is 4. The van der Waals surface area contributed by atoms with Gasteiger partial charge in [0.1, 0.15) is 34.4 Å². The first-order valence-corrected chi connectivity index (χ1v) is 10.6. The Bertz CT molecular complexity index is 1440. The summed E-state index contributed by atoms with van der Waals surface area (Å²) < 4.78 is 20.8. The van der Waals surface area contributed by atoms with Gasteiger partial charge in [0.2, 0.25) is 0 Å². The van der Waals surface area contributed by atoms with Gasteiger partial charge in [0.25, 0.3) is 5.91 Å². The number of halogens is 1. The van der Waals surface area contributed by atoms with Gasteiger partial charge >= 0.3 is 0 Å². The molecule has 9 nitrogen and oxygen atoms in total. The molecule has 174 valence electrons. The van der Waals surface area contributed by atoms with Gasteiger partial charge in [-0.3, -0.25) is 4.79 Å². The predicted molar refractivity (Wildman–Crippen MR) is 125 cm³/mol. The van der Waals surface area contributed by atoms with E-state index >= 15 is 0 Å². The fraction of sp³-hybridized carbons (Fsp3) is 0.208. The van der Waals surface area contributed by atoms with E-state index in [-0.39, 0.29) is 36.1 Å². The Hall–Kier alpha value is -4.02. The van der Waals surface area contributed by atoms with Crippen molar-refractivity contribution in [3.63, 3.8) is 0 Å². The van der Waals surface area contributed by atoms with Crippen molar-refractivity contribution >= 4 is 22.6 Å². The summed E-state index contributed by atoms with van der Waals surface area (Å²) in [5, 5.41) is 15.2. The molecular weight excluding hydrogens is 439 g/mol. The Morgan fingerprint density at radius 2 is 1.97 bits per heavy atom. The monoisotopic (exact) mass is 462 g/mol. The molecule has 0 unspecified atom stereocenters. The van der Waals surface area contributed by atoms with Gasteiger partial charge in [0.15, 0.2) is 0 Å². The molecule has 0 aliphatic heterocycles. The molecule has 5 rings (SSSR count). The van der Waals surface area contributed by atoms with Gasteiger partial charge in [0, 0.05) is 35.4 Å². The number of primary amides is 1. The minimum absolute atomic E-state index is 0.0834. The van der Waals surface area contributed by atoms with Crippen LogP contribution in [0.4, 0.5) is 10.2 Å². The number of aromatic nitrogens is 3. The van der Waals surface area contributed by atoms with Crippen LogP contribution in [0.25, 0.3) is 33.4 Å². The SMILES string of the molecule is COc1cc(-c2cccc(F)c2)nc2cc(-c3nn([C@H]4C[C@@](N)(O)C4)c(N)c3C(N)=O)ccc12. The molecule has 7 N–H and O–H groups in total. The third-order valence-corrected chi connectivity index (χ3v) is 6.10. The van der Waals surface area contributed by atoms with Crippen LogP contribution in [-0.2, 0) is 0 Å². The Balaban J connectivity index is 1.65. The Kier molecular flexibility index (Phi) is 4.99. The van der Waals surface area contributed by atoms with Crippen molar-refractivity contribution < 1.29 is 19.0 Å². The first kappa shape index (κ1) is 21.8. The number of aliphatic hydroxyl groups is 1. The summed E-state index contributed by atoms with van der Waals surface area (Å²) in [5.41, 5.74) is 18.9. The molecule has 0 saturated heterocycles. The van der Waals surface area contributed by atoms with Gasteiger partial charge in [-0.2, -0.15) is 5.10 Å². The quantitative estimate of drug-likeness (QED) is 0.332.